The van der Waals surface area contributed by atoms with E-state index >= 15 is 0 Å². The Morgan fingerprint density at radius 3 is 2.57 bits per heavy atom. The van der Waals surface area contributed by atoms with Crippen molar-refractivity contribution in [3.05, 3.63) is 30.1 Å². The smallest absolute Gasteiger partial charge is 0.246 e. The van der Waals surface area contributed by atoms with Gasteiger partial charge in [-0.2, -0.15) is 0 Å². The number of carbonyl (C=O) groups is 1. The van der Waals surface area contributed by atoms with E-state index in [-0.39, 0.29) is 18.3 Å². The van der Waals surface area contributed by atoms with Gasteiger partial charge in [-0.15, -0.1) is 0 Å². The van der Waals surface area contributed by atoms with Gasteiger partial charge in [0, 0.05) is 18.8 Å². The number of hydrogen-bond donors (Lipinski definition) is 3. The van der Waals surface area contributed by atoms with Gasteiger partial charge < -0.3 is 16.0 Å². The molecule has 0 unspecified atom stereocenters. The first-order chi connectivity index (χ1) is 11.1. The molecule has 0 aromatic heterocycles. The molecular weight excluding hydrogens is 295 g/mol. The highest BCUT2D eigenvalue weighted by Gasteiger charge is 2.06. The number of benzene rings is 1. The third-order valence-corrected chi connectivity index (χ3v) is 3.55. The molecule has 0 fully saturated rings. The van der Waals surface area contributed by atoms with Crippen LogP contribution in [0.25, 0.3) is 0 Å². The van der Waals surface area contributed by atoms with E-state index in [1.807, 2.05) is 6.92 Å². The van der Waals surface area contributed by atoms with Crippen molar-refractivity contribution in [2.75, 3.05) is 25.0 Å². The molecule has 1 amide bonds. The molecule has 1 aromatic rings. The maximum absolute atomic E-state index is 13.1. The predicted molar refractivity (Wildman–Crippen MR) is 93.1 cm³/mol. The fourth-order valence-electron chi connectivity index (χ4n) is 2.08. The largest absolute Gasteiger partial charge is 0.357 e. The number of rotatable bonds is 8. The lowest BCUT2D eigenvalue weighted by atomic mass is 10.0. The summed E-state index contributed by atoms with van der Waals surface area (Å²) in [6.45, 7) is 7.82. The van der Waals surface area contributed by atoms with Crippen molar-refractivity contribution in [1.29, 1.82) is 0 Å². The number of halogens is 1. The molecular formula is C17H27FN4O. The lowest BCUT2D eigenvalue weighted by Gasteiger charge is -2.16. The molecule has 0 aliphatic heterocycles. The Labute approximate surface area is 137 Å². The fraction of sp³-hybridized carbons (Fsp3) is 0.529. The van der Waals surface area contributed by atoms with Crippen LogP contribution in [0.4, 0.5) is 10.1 Å². The van der Waals surface area contributed by atoms with Crippen LogP contribution in [0.15, 0.2) is 29.3 Å². The van der Waals surface area contributed by atoms with Crippen molar-refractivity contribution in [2.24, 2.45) is 10.9 Å². The summed E-state index contributed by atoms with van der Waals surface area (Å²) in [5.74, 6) is 0.538. The summed E-state index contributed by atoms with van der Waals surface area (Å²) in [6.07, 6.45) is 2.20. The SMILES string of the molecule is CCNC(=NCC(=O)Nc1cccc(F)c1)NCC(CC)CC. The van der Waals surface area contributed by atoms with Crippen LogP contribution in [0, 0.1) is 11.7 Å². The second-order valence-corrected chi connectivity index (χ2v) is 5.32. The van der Waals surface area contributed by atoms with Crippen LogP contribution in [0.2, 0.25) is 0 Å². The second-order valence-electron chi connectivity index (χ2n) is 5.32. The predicted octanol–water partition coefficient (Wildman–Crippen LogP) is 2.76. The summed E-state index contributed by atoms with van der Waals surface area (Å²) < 4.78 is 13.1. The number of hydrogen-bond acceptors (Lipinski definition) is 2. The van der Waals surface area contributed by atoms with Gasteiger partial charge in [0.2, 0.25) is 5.91 Å². The Kier molecular flexibility index (Phi) is 8.72. The molecule has 6 heteroatoms. The Morgan fingerprint density at radius 2 is 1.96 bits per heavy atom. The lowest BCUT2D eigenvalue weighted by Crippen LogP contribution is -2.40. The molecule has 1 rings (SSSR count). The third kappa shape index (κ3) is 7.63. The minimum atomic E-state index is -0.383. The topological polar surface area (TPSA) is 65.5 Å². The van der Waals surface area contributed by atoms with E-state index in [1.54, 1.807) is 12.1 Å². The number of guanidine groups is 1. The number of nitrogens with zero attached hydrogens (tertiary/aromatic N) is 1. The van der Waals surface area contributed by atoms with Gasteiger partial charge >= 0.3 is 0 Å². The Bertz CT molecular complexity index is 515. The maximum atomic E-state index is 13.1. The number of aliphatic imine (C=N–C) groups is 1. The summed E-state index contributed by atoms with van der Waals surface area (Å²) in [5, 5.41) is 8.99. The van der Waals surface area contributed by atoms with Gasteiger partial charge in [0.1, 0.15) is 12.4 Å². The van der Waals surface area contributed by atoms with Gasteiger partial charge in [-0.25, -0.2) is 9.38 Å². The van der Waals surface area contributed by atoms with Crippen LogP contribution in [-0.4, -0.2) is 31.5 Å². The highest BCUT2D eigenvalue weighted by Crippen LogP contribution is 2.08. The van der Waals surface area contributed by atoms with Crippen LogP contribution in [0.1, 0.15) is 33.6 Å². The quantitative estimate of drug-likeness (QED) is 0.509. The highest BCUT2D eigenvalue weighted by atomic mass is 19.1. The zero-order valence-corrected chi connectivity index (χ0v) is 14.2. The van der Waals surface area contributed by atoms with Crippen LogP contribution >= 0.6 is 0 Å². The molecule has 0 aliphatic carbocycles. The van der Waals surface area contributed by atoms with E-state index in [9.17, 15) is 9.18 Å². The van der Waals surface area contributed by atoms with Gasteiger partial charge in [-0.05, 0) is 31.0 Å². The maximum Gasteiger partial charge on any atom is 0.246 e. The molecule has 0 bridgehead atoms. The van der Waals surface area contributed by atoms with E-state index in [4.69, 9.17) is 0 Å². The molecule has 0 heterocycles. The Hall–Kier alpha value is -2.11. The molecule has 1 aromatic carbocycles. The average molecular weight is 322 g/mol. The monoisotopic (exact) mass is 322 g/mol. The summed E-state index contributed by atoms with van der Waals surface area (Å²) >= 11 is 0. The Balaban J connectivity index is 2.53. The first-order valence-corrected chi connectivity index (χ1v) is 8.16. The van der Waals surface area contributed by atoms with Crippen molar-refractivity contribution in [3.8, 4) is 0 Å². The second kappa shape index (κ2) is 10.6. The molecule has 3 N–H and O–H groups in total. The fourth-order valence-corrected chi connectivity index (χ4v) is 2.08. The van der Waals surface area contributed by atoms with Crippen molar-refractivity contribution >= 4 is 17.6 Å². The van der Waals surface area contributed by atoms with Crippen molar-refractivity contribution in [3.63, 3.8) is 0 Å². The van der Waals surface area contributed by atoms with Gasteiger partial charge in [0.05, 0.1) is 0 Å². The molecule has 0 atom stereocenters. The molecule has 0 spiro atoms. The van der Waals surface area contributed by atoms with Crippen molar-refractivity contribution in [2.45, 2.75) is 33.6 Å². The molecule has 23 heavy (non-hydrogen) atoms. The summed E-state index contributed by atoms with van der Waals surface area (Å²) in [4.78, 5) is 16.1. The van der Waals surface area contributed by atoms with Crippen molar-refractivity contribution in [1.82, 2.24) is 10.6 Å². The standard InChI is InChI=1S/C17H27FN4O/c1-4-13(5-2)11-20-17(19-6-3)21-12-16(23)22-15-9-7-8-14(18)10-15/h7-10,13H,4-6,11-12H2,1-3H3,(H,22,23)(H2,19,20,21). The number of carbonyl (C=O) groups excluding carboxylic acids is 1. The summed E-state index contributed by atoms with van der Waals surface area (Å²) in [7, 11) is 0. The number of nitrogens with one attached hydrogen (secondary N) is 3. The molecule has 5 nitrogen and oxygen atoms in total. The first kappa shape index (κ1) is 18.9. The van der Waals surface area contributed by atoms with Crippen LogP contribution < -0.4 is 16.0 Å². The molecule has 0 saturated carbocycles. The van der Waals surface area contributed by atoms with Crippen LogP contribution in [0.3, 0.4) is 0 Å². The van der Waals surface area contributed by atoms with Crippen molar-refractivity contribution < 1.29 is 9.18 Å². The van der Waals surface area contributed by atoms with Crippen LogP contribution in [-0.2, 0) is 4.79 Å². The number of amides is 1. The average Bonchev–Trinajstić information content (AvgIpc) is 2.53. The minimum Gasteiger partial charge on any atom is -0.357 e. The van der Waals surface area contributed by atoms with E-state index in [2.05, 4.69) is 34.8 Å². The van der Waals surface area contributed by atoms with Gasteiger partial charge in [0.15, 0.2) is 5.96 Å². The summed E-state index contributed by atoms with van der Waals surface area (Å²) in [5.41, 5.74) is 0.431. The molecule has 0 aliphatic rings. The highest BCUT2D eigenvalue weighted by molar-refractivity contribution is 5.94. The Morgan fingerprint density at radius 1 is 1.22 bits per heavy atom. The zero-order chi connectivity index (χ0) is 17.1. The van der Waals surface area contributed by atoms with Gasteiger partial charge in [-0.1, -0.05) is 32.8 Å². The van der Waals surface area contributed by atoms with E-state index in [0.717, 1.165) is 25.9 Å². The first-order valence-electron chi connectivity index (χ1n) is 8.16. The lowest BCUT2D eigenvalue weighted by molar-refractivity contribution is -0.114. The van der Waals surface area contributed by atoms with Gasteiger partial charge in [0.25, 0.3) is 0 Å². The van der Waals surface area contributed by atoms with Crippen LogP contribution in [0.5, 0.6) is 0 Å². The normalized spacial score (nSPS) is 11.4. The molecule has 0 radical (unpaired) electrons. The zero-order valence-electron chi connectivity index (χ0n) is 14.2. The molecule has 128 valence electrons. The molecule has 0 saturated heterocycles. The number of anilines is 1. The third-order valence-electron chi connectivity index (χ3n) is 3.55. The van der Waals surface area contributed by atoms with E-state index < -0.39 is 0 Å². The van der Waals surface area contributed by atoms with Gasteiger partial charge in [-0.3, -0.25) is 4.79 Å². The minimum absolute atomic E-state index is 0.0191. The van der Waals surface area contributed by atoms with E-state index in [0.29, 0.717) is 17.6 Å². The van der Waals surface area contributed by atoms with E-state index in [1.165, 1.54) is 12.1 Å². The summed E-state index contributed by atoms with van der Waals surface area (Å²) in [6, 6.07) is 5.80.